The molecule has 0 radical (unpaired) electrons. The van der Waals surface area contributed by atoms with Gasteiger partial charge < -0.3 is 10.6 Å². The van der Waals surface area contributed by atoms with Gasteiger partial charge in [0.25, 0.3) is 5.91 Å². The third-order valence-corrected chi connectivity index (χ3v) is 4.74. The number of aromatic nitrogens is 2. The molecule has 1 aromatic carbocycles. The lowest BCUT2D eigenvalue weighted by atomic mass is 9.90. The minimum absolute atomic E-state index is 0. The number of fused-ring (bicyclic) bond motifs is 1. The van der Waals surface area contributed by atoms with Gasteiger partial charge in [-0.2, -0.15) is 5.10 Å². The molecule has 21 heavy (non-hydrogen) atoms. The Morgan fingerprint density at radius 2 is 2.33 bits per heavy atom. The Hall–Kier alpha value is -0.860. The number of rotatable bonds is 2. The number of amides is 1. The van der Waals surface area contributed by atoms with E-state index in [0.717, 1.165) is 27.4 Å². The van der Waals surface area contributed by atoms with Crippen LogP contribution in [0.25, 0.3) is 10.9 Å². The van der Waals surface area contributed by atoms with Crippen molar-refractivity contribution in [2.75, 3.05) is 19.6 Å². The zero-order chi connectivity index (χ0) is 14.3. The summed E-state index contributed by atoms with van der Waals surface area (Å²) in [6, 6.07) is 5.94. The van der Waals surface area contributed by atoms with Crippen LogP contribution in [0.1, 0.15) is 23.8 Å². The first kappa shape index (κ1) is 16.5. The minimum Gasteiger partial charge on any atom is -0.337 e. The zero-order valence-corrected chi connectivity index (χ0v) is 14.7. The van der Waals surface area contributed by atoms with Gasteiger partial charge in [0.1, 0.15) is 0 Å². The number of nitrogens with one attached hydrogen (secondary N) is 1. The van der Waals surface area contributed by atoms with Crippen LogP contribution in [-0.2, 0) is 0 Å². The van der Waals surface area contributed by atoms with Crippen LogP contribution < -0.4 is 5.73 Å². The number of benzene rings is 1. The molecule has 5 nitrogen and oxygen atoms in total. The van der Waals surface area contributed by atoms with E-state index in [4.69, 9.17) is 5.73 Å². The summed E-state index contributed by atoms with van der Waals surface area (Å²) in [7, 11) is 0. The summed E-state index contributed by atoms with van der Waals surface area (Å²) in [5.74, 6) is -0.00424. The van der Waals surface area contributed by atoms with Gasteiger partial charge in [-0.05, 0) is 59.2 Å². The second-order valence-corrected chi connectivity index (χ2v) is 7.00. The van der Waals surface area contributed by atoms with Crippen molar-refractivity contribution in [3.63, 3.8) is 0 Å². The van der Waals surface area contributed by atoms with Crippen LogP contribution in [0.5, 0.6) is 0 Å². The molecule has 1 fully saturated rings. The Morgan fingerprint density at radius 1 is 1.57 bits per heavy atom. The fourth-order valence-corrected chi connectivity index (χ4v) is 3.15. The summed E-state index contributed by atoms with van der Waals surface area (Å²) in [6.07, 6.45) is 0.954. The van der Waals surface area contributed by atoms with Crippen molar-refractivity contribution in [3.05, 3.63) is 27.5 Å². The number of H-pyrrole nitrogens is 1. The monoisotopic (exact) mass is 420 g/mol. The summed E-state index contributed by atoms with van der Waals surface area (Å²) in [5, 5.41) is 8.02. The van der Waals surface area contributed by atoms with Crippen LogP contribution in [0.2, 0.25) is 0 Å². The molecule has 0 aliphatic carbocycles. The molecule has 1 aromatic heterocycles. The molecule has 3 N–H and O–H groups in total. The van der Waals surface area contributed by atoms with E-state index in [2.05, 4.69) is 39.7 Å². The molecule has 2 heterocycles. The number of carbonyl (C=O) groups is 1. The van der Waals surface area contributed by atoms with E-state index in [-0.39, 0.29) is 23.7 Å². The normalized spacial score (nSPS) is 21.6. The van der Waals surface area contributed by atoms with Gasteiger partial charge in [0.15, 0.2) is 5.69 Å². The average Bonchev–Trinajstić information content (AvgIpc) is 3.02. The summed E-state index contributed by atoms with van der Waals surface area (Å²) >= 11 is 2.24. The predicted molar refractivity (Wildman–Crippen MR) is 93.7 cm³/mol. The molecule has 1 unspecified atom stereocenters. The molecule has 0 saturated carbocycles. The quantitative estimate of drug-likeness (QED) is 0.733. The number of nitrogens with zero attached hydrogens (tertiary/aromatic N) is 2. The fraction of sp³-hybridized carbons (Fsp3) is 0.429. The highest BCUT2D eigenvalue weighted by atomic mass is 127. The Labute approximate surface area is 143 Å². The molecule has 7 heteroatoms. The van der Waals surface area contributed by atoms with Crippen LogP contribution in [0, 0.1) is 8.99 Å². The number of hydrogen-bond donors (Lipinski definition) is 2. The largest absolute Gasteiger partial charge is 0.337 e. The maximum atomic E-state index is 12.6. The summed E-state index contributed by atoms with van der Waals surface area (Å²) in [5.41, 5.74) is 7.25. The Morgan fingerprint density at radius 3 is 3.00 bits per heavy atom. The van der Waals surface area contributed by atoms with Gasteiger partial charge in [0.05, 0.1) is 5.52 Å². The SMILES string of the molecule is CC1(CN)CCN(C(=O)c2n[nH]c3ccc(I)cc23)C1.Cl. The summed E-state index contributed by atoms with van der Waals surface area (Å²) < 4.78 is 1.10. The van der Waals surface area contributed by atoms with Crippen LogP contribution in [0.15, 0.2) is 18.2 Å². The van der Waals surface area contributed by atoms with Crippen LogP contribution >= 0.6 is 35.0 Å². The molecule has 2 aromatic rings. The van der Waals surface area contributed by atoms with Gasteiger partial charge in [0, 0.05) is 22.0 Å². The van der Waals surface area contributed by atoms with Crippen molar-refractivity contribution in [1.82, 2.24) is 15.1 Å². The van der Waals surface area contributed by atoms with E-state index in [0.29, 0.717) is 18.8 Å². The van der Waals surface area contributed by atoms with Crippen molar-refractivity contribution in [1.29, 1.82) is 0 Å². The van der Waals surface area contributed by atoms with Crippen molar-refractivity contribution in [3.8, 4) is 0 Å². The molecule has 114 valence electrons. The molecule has 3 rings (SSSR count). The van der Waals surface area contributed by atoms with Gasteiger partial charge in [-0.1, -0.05) is 6.92 Å². The summed E-state index contributed by atoms with van der Waals surface area (Å²) in [4.78, 5) is 14.5. The zero-order valence-electron chi connectivity index (χ0n) is 11.7. The minimum atomic E-state index is -0.00424. The maximum Gasteiger partial charge on any atom is 0.275 e. The van der Waals surface area contributed by atoms with Crippen LogP contribution in [0.3, 0.4) is 0 Å². The van der Waals surface area contributed by atoms with Gasteiger partial charge in [-0.3, -0.25) is 9.89 Å². The second-order valence-electron chi connectivity index (χ2n) is 5.75. The van der Waals surface area contributed by atoms with Gasteiger partial charge in [-0.25, -0.2) is 0 Å². The topological polar surface area (TPSA) is 75.0 Å². The van der Waals surface area contributed by atoms with Crippen LogP contribution in [-0.4, -0.2) is 40.6 Å². The number of likely N-dealkylation sites (tertiary alicyclic amines) is 1. The number of aromatic amines is 1. The van der Waals surface area contributed by atoms with E-state index >= 15 is 0 Å². The predicted octanol–water partition coefficient (Wildman–Crippen LogP) is 2.40. The van der Waals surface area contributed by atoms with E-state index in [1.807, 2.05) is 23.1 Å². The smallest absolute Gasteiger partial charge is 0.275 e. The maximum absolute atomic E-state index is 12.6. The number of halogens is 2. The first-order chi connectivity index (χ1) is 9.52. The molecular weight excluding hydrogens is 403 g/mol. The highest BCUT2D eigenvalue weighted by molar-refractivity contribution is 14.1. The fourth-order valence-electron chi connectivity index (χ4n) is 2.66. The number of carbonyl (C=O) groups excluding carboxylic acids is 1. The molecule has 1 saturated heterocycles. The first-order valence-electron chi connectivity index (χ1n) is 6.65. The second kappa shape index (κ2) is 6.10. The Bertz CT molecular complexity index is 674. The van der Waals surface area contributed by atoms with Crippen molar-refractivity contribution in [2.45, 2.75) is 13.3 Å². The van der Waals surface area contributed by atoms with Gasteiger partial charge in [-0.15, -0.1) is 12.4 Å². The van der Waals surface area contributed by atoms with E-state index in [1.165, 1.54) is 0 Å². The first-order valence-corrected chi connectivity index (χ1v) is 7.73. The van der Waals surface area contributed by atoms with Crippen molar-refractivity contribution >= 4 is 51.8 Å². The van der Waals surface area contributed by atoms with Crippen molar-refractivity contribution < 1.29 is 4.79 Å². The van der Waals surface area contributed by atoms with Gasteiger partial charge in [0.2, 0.25) is 0 Å². The lowest BCUT2D eigenvalue weighted by Crippen LogP contribution is -2.34. The van der Waals surface area contributed by atoms with Gasteiger partial charge >= 0.3 is 0 Å². The lowest BCUT2D eigenvalue weighted by Gasteiger charge is -2.22. The highest BCUT2D eigenvalue weighted by Gasteiger charge is 2.36. The molecule has 0 spiro atoms. The Balaban J connectivity index is 0.00000161. The van der Waals surface area contributed by atoms with E-state index < -0.39 is 0 Å². The third-order valence-electron chi connectivity index (χ3n) is 4.07. The molecule has 1 amide bonds. The van der Waals surface area contributed by atoms with E-state index in [1.54, 1.807) is 0 Å². The van der Waals surface area contributed by atoms with E-state index in [9.17, 15) is 4.79 Å². The molecule has 1 atom stereocenters. The molecule has 1 aliphatic rings. The molecule has 1 aliphatic heterocycles. The summed E-state index contributed by atoms with van der Waals surface area (Å²) in [6.45, 7) is 4.20. The highest BCUT2D eigenvalue weighted by Crippen LogP contribution is 2.30. The Kier molecular flexibility index (Phi) is 4.79. The number of hydrogen-bond acceptors (Lipinski definition) is 3. The molecule has 0 bridgehead atoms. The number of nitrogens with two attached hydrogens (primary N) is 1. The average molecular weight is 421 g/mol. The lowest BCUT2D eigenvalue weighted by molar-refractivity contribution is 0.0773. The standard InChI is InChI=1S/C14H17IN4O.ClH/c1-14(7-16)4-5-19(8-14)13(20)12-10-6-9(15)2-3-11(10)17-18-12;/h2-3,6H,4-5,7-8,16H2,1H3,(H,17,18);1H. The third kappa shape index (κ3) is 3.02. The van der Waals surface area contributed by atoms with Crippen molar-refractivity contribution in [2.24, 2.45) is 11.1 Å². The molecular formula is C14H18ClIN4O. The van der Waals surface area contributed by atoms with Crippen LogP contribution in [0.4, 0.5) is 0 Å².